The minimum atomic E-state index is -0.302. The molecule has 1 atom stereocenters. The molecule has 3 rings (SSSR count). The van der Waals surface area contributed by atoms with Crippen LogP contribution in [0, 0.1) is 5.82 Å². The van der Waals surface area contributed by atoms with Gasteiger partial charge in [0.2, 0.25) is 0 Å². The van der Waals surface area contributed by atoms with E-state index in [2.05, 4.69) is 5.16 Å². The number of hydrogen-bond donors (Lipinski definition) is 1. The van der Waals surface area contributed by atoms with Crippen molar-refractivity contribution in [1.29, 1.82) is 0 Å². The Morgan fingerprint density at radius 3 is 3.00 bits per heavy atom. The van der Waals surface area contributed by atoms with Gasteiger partial charge >= 0.3 is 0 Å². The van der Waals surface area contributed by atoms with Crippen LogP contribution in [0.5, 0.6) is 0 Å². The summed E-state index contributed by atoms with van der Waals surface area (Å²) in [5, 5.41) is 3.82. The Morgan fingerprint density at radius 2 is 2.26 bits per heavy atom. The van der Waals surface area contributed by atoms with Gasteiger partial charge in [0.25, 0.3) is 0 Å². The lowest BCUT2D eigenvalue weighted by molar-refractivity contribution is 0.0723. The molecule has 1 aromatic carbocycles. The number of nitrogen functional groups attached to an aromatic ring is 1. The topological polar surface area (TPSA) is 61.3 Å². The van der Waals surface area contributed by atoms with Gasteiger partial charge in [0.05, 0.1) is 12.2 Å². The van der Waals surface area contributed by atoms with Crippen LogP contribution in [-0.4, -0.2) is 18.4 Å². The van der Waals surface area contributed by atoms with Crippen LogP contribution in [0.15, 0.2) is 28.8 Å². The van der Waals surface area contributed by atoms with Crippen LogP contribution in [0.2, 0.25) is 0 Å². The fraction of sp³-hybridized carbons (Fsp3) is 0.357. The third-order valence-corrected chi connectivity index (χ3v) is 3.39. The highest BCUT2D eigenvalue weighted by Crippen LogP contribution is 2.37. The predicted octanol–water partition coefficient (Wildman–Crippen LogP) is 2.96. The van der Waals surface area contributed by atoms with Crippen molar-refractivity contribution in [2.75, 3.05) is 18.9 Å². The fourth-order valence-corrected chi connectivity index (χ4v) is 2.48. The second-order valence-corrected chi connectivity index (χ2v) is 4.73. The minimum absolute atomic E-state index is 0.136. The molecule has 1 saturated heterocycles. The van der Waals surface area contributed by atoms with E-state index in [0.717, 1.165) is 19.4 Å². The van der Waals surface area contributed by atoms with E-state index < -0.39 is 0 Å². The van der Waals surface area contributed by atoms with Gasteiger partial charge in [-0.2, -0.15) is 0 Å². The molecule has 2 aromatic rings. The molecule has 0 aliphatic carbocycles. The normalized spacial score (nSPS) is 19.5. The van der Waals surface area contributed by atoms with Gasteiger partial charge in [0.1, 0.15) is 5.82 Å². The average Bonchev–Trinajstić information content (AvgIpc) is 2.82. The summed E-state index contributed by atoms with van der Waals surface area (Å²) in [5.41, 5.74) is 7.25. The zero-order valence-corrected chi connectivity index (χ0v) is 10.4. The first-order valence-corrected chi connectivity index (χ1v) is 6.34. The molecule has 2 N–H and O–H groups in total. The first kappa shape index (κ1) is 12.2. The predicted molar refractivity (Wildman–Crippen MR) is 69.1 cm³/mol. The number of halogens is 1. The summed E-state index contributed by atoms with van der Waals surface area (Å²) in [7, 11) is 0. The number of aromatic nitrogens is 1. The Bertz CT molecular complexity index is 577. The minimum Gasteiger partial charge on any atom is -0.381 e. The van der Waals surface area contributed by atoms with Crippen LogP contribution in [0.1, 0.15) is 24.5 Å². The Labute approximate surface area is 110 Å². The largest absolute Gasteiger partial charge is 0.381 e. The third kappa shape index (κ3) is 2.33. The number of anilines is 1. The van der Waals surface area contributed by atoms with Gasteiger partial charge in [-0.05, 0) is 30.5 Å². The Kier molecular flexibility index (Phi) is 3.21. The molecule has 2 heterocycles. The molecule has 0 spiro atoms. The summed E-state index contributed by atoms with van der Waals surface area (Å²) < 4.78 is 24.2. The molecule has 0 saturated carbocycles. The van der Waals surface area contributed by atoms with E-state index in [4.69, 9.17) is 15.0 Å². The smallest absolute Gasteiger partial charge is 0.175 e. The highest BCUT2D eigenvalue weighted by Gasteiger charge is 2.26. The summed E-state index contributed by atoms with van der Waals surface area (Å²) in [6, 6.07) is 6.30. The molecular weight excluding hydrogens is 247 g/mol. The van der Waals surface area contributed by atoms with Crippen molar-refractivity contribution < 1.29 is 13.7 Å². The van der Waals surface area contributed by atoms with E-state index in [1.54, 1.807) is 12.1 Å². The lowest BCUT2D eigenvalue weighted by atomic mass is 9.93. The molecule has 19 heavy (non-hydrogen) atoms. The summed E-state index contributed by atoms with van der Waals surface area (Å²) in [6.45, 7) is 1.37. The highest BCUT2D eigenvalue weighted by molar-refractivity contribution is 5.76. The van der Waals surface area contributed by atoms with Gasteiger partial charge in [-0.15, -0.1) is 0 Å². The maximum Gasteiger partial charge on any atom is 0.175 e. The van der Waals surface area contributed by atoms with Crippen molar-refractivity contribution in [1.82, 2.24) is 5.16 Å². The second-order valence-electron chi connectivity index (χ2n) is 4.73. The quantitative estimate of drug-likeness (QED) is 0.903. The number of rotatable bonds is 2. The lowest BCUT2D eigenvalue weighted by Gasteiger charge is -2.20. The molecular formula is C14H15FN2O2. The summed E-state index contributed by atoms with van der Waals surface area (Å²) in [6.07, 6.45) is 1.95. The maximum absolute atomic E-state index is 13.3. The summed E-state index contributed by atoms with van der Waals surface area (Å²) in [5.74, 6) is 0.828. The zero-order chi connectivity index (χ0) is 13.2. The molecule has 5 heteroatoms. The highest BCUT2D eigenvalue weighted by atomic mass is 19.1. The molecule has 4 nitrogen and oxygen atoms in total. The molecule has 0 radical (unpaired) electrons. The Balaban J connectivity index is 2.03. The maximum atomic E-state index is 13.3. The van der Waals surface area contributed by atoms with E-state index in [1.165, 1.54) is 12.1 Å². The molecule has 100 valence electrons. The number of benzene rings is 1. The average molecular weight is 262 g/mol. The van der Waals surface area contributed by atoms with Crippen molar-refractivity contribution in [3.63, 3.8) is 0 Å². The first-order valence-electron chi connectivity index (χ1n) is 6.34. The van der Waals surface area contributed by atoms with Crippen LogP contribution in [0.4, 0.5) is 10.2 Å². The van der Waals surface area contributed by atoms with Gasteiger partial charge in [0, 0.05) is 12.5 Å². The number of ether oxygens (including phenoxy) is 1. The van der Waals surface area contributed by atoms with Crippen LogP contribution >= 0.6 is 0 Å². The third-order valence-electron chi connectivity index (χ3n) is 3.39. The SMILES string of the molecule is Nc1noc(C2CCCOC2)c1-c1cccc(F)c1. The van der Waals surface area contributed by atoms with Crippen LogP contribution in [0.25, 0.3) is 11.1 Å². The Hall–Kier alpha value is -1.88. The molecule has 1 fully saturated rings. The van der Waals surface area contributed by atoms with Gasteiger partial charge < -0.3 is 15.0 Å². The van der Waals surface area contributed by atoms with Gasteiger partial charge in [-0.25, -0.2) is 4.39 Å². The van der Waals surface area contributed by atoms with Crippen molar-refractivity contribution in [3.8, 4) is 11.1 Å². The second kappa shape index (κ2) is 5.01. The number of nitrogens with two attached hydrogens (primary N) is 1. The molecule has 1 aromatic heterocycles. The Morgan fingerprint density at radius 1 is 1.37 bits per heavy atom. The standard InChI is InChI=1S/C14H15FN2O2/c15-11-5-1-3-9(7-11)12-13(19-17-14(12)16)10-4-2-6-18-8-10/h1,3,5,7,10H,2,4,6,8H2,(H2,16,17). The van der Waals surface area contributed by atoms with Crippen molar-refractivity contribution >= 4 is 5.82 Å². The van der Waals surface area contributed by atoms with Gasteiger partial charge in [-0.3, -0.25) is 0 Å². The molecule has 1 aliphatic rings. The van der Waals surface area contributed by atoms with E-state index in [-0.39, 0.29) is 11.7 Å². The van der Waals surface area contributed by atoms with Crippen LogP contribution in [0.3, 0.4) is 0 Å². The molecule has 1 unspecified atom stereocenters. The van der Waals surface area contributed by atoms with Gasteiger partial charge in [-0.1, -0.05) is 17.3 Å². The van der Waals surface area contributed by atoms with E-state index in [1.807, 2.05) is 0 Å². The van der Waals surface area contributed by atoms with Crippen molar-refractivity contribution in [2.45, 2.75) is 18.8 Å². The van der Waals surface area contributed by atoms with Crippen LogP contribution in [-0.2, 0) is 4.74 Å². The first-order chi connectivity index (χ1) is 9.25. The molecule has 0 bridgehead atoms. The van der Waals surface area contributed by atoms with Crippen molar-refractivity contribution in [3.05, 3.63) is 35.8 Å². The summed E-state index contributed by atoms with van der Waals surface area (Å²) in [4.78, 5) is 0. The fourth-order valence-electron chi connectivity index (χ4n) is 2.48. The van der Waals surface area contributed by atoms with Crippen molar-refractivity contribution in [2.24, 2.45) is 0 Å². The van der Waals surface area contributed by atoms with E-state index >= 15 is 0 Å². The molecule has 1 aliphatic heterocycles. The van der Waals surface area contributed by atoms with Crippen LogP contribution < -0.4 is 5.73 Å². The molecule has 0 amide bonds. The monoisotopic (exact) mass is 262 g/mol. The van der Waals surface area contributed by atoms with Gasteiger partial charge in [0.15, 0.2) is 11.6 Å². The lowest BCUT2D eigenvalue weighted by Crippen LogP contribution is -2.15. The number of nitrogens with zero attached hydrogens (tertiary/aromatic N) is 1. The van der Waals surface area contributed by atoms with E-state index in [9.17, 15) is 4.39 Å². The van der Waals surface area contributed by atoms with E-state index in [0.29, 0.717) is 29.3 Å². The summed E-state index contributed by atoms with van der Waals surface area (Å²) >= 11 is 0. The zero-order valence-electron chi connectivity index (χ0n) is 10.4. The number of hydrogen-bond acceptors (Lipinski definition) is 4.